The van der Waals surface area contributed by atoms with E-state index in [9.17, 15) is 4.79 Å². The highest BCUT2D eigenvalue weighted by Gasteiger charge is 2.39. The van der Waals surface area contributed by atoms with Crippen molar-refractivity contribution in [1.82, 2.24) is 10.6 Å². The van der Waals surface area contributed by atoms with Crippen LogP contribution < -0.4 is 10.6 Å². The number of carbonyl (C=O) groups excluding carboxylic acids is 1. The summed E-state index contributed by atoms with van der Waals surface area (Å²) in [5, 5.41) is 6.47. The Kier molecular flexibility index (Phi) is 7.94. The number of amides is 1. The zero-order chi connectivity index (χ0) is 13.6. The summed E-state index contributed by atoms with van der Waals surface area (Å²) in [7, 11) is 1.71. The van der Waals surface area contributed by atoms with Crippen molar-refractivity contribution in [2.24, 2.45) is 5.41 Å². The Morgan fingerprint density at radius 1 is 1.47 bits per heavy atom. The molecular weight excluding hydrogens is 264 g/mol. The number of rotatable bonds is 7. The molecule has 4 nitrogen and oxygen atoms in total. The summed E-state index contributed by atoms with van der Waals surface area (Å²) in [5.74, 6) is 0.160. The fraction of sp³-hybridized carbons (Fsp3) is 0.929. The van der Waals surface area contributed by atoms with Crippen LogP contribution in [0.2, 0.25) is 0 Å². The highest BCUT2D eigenvalue weighted by molar-refractivity contribution is 5.86. The van der Waals surface area contributed by atoms with E-state index >= 15 is 0 Å². The molecule has 1 heterocycles. The van der Waals surface area contributed by atoms with E-state index in [4.69, 9.17) is 4.74 Å². The monoisotopic (exact) mass is 292 g/mol. The van der Waals surface area contributed by atoms with Gasteiger partial charge in [-0.1, -0.05) is 20.8 Å². The van der Waals surface area contributed by atoms with Gasteiger partial charge >= 0.3 is 0 Å². The molecule has 1 fully saturated rings. The van der Waals surface area contributed by atoms with E-state index in [1.54, 1.807) is 7.11 Å². The third-order valence-electron chi connectivity index (χ3n) is 3.99. The first-order valence-electron chi connectivity index (χ1n) is 6.98. The second kappa shape index (κ2) is 8.08. The number of nitrogens with one attached hydrogen (secondary N) is 2. The lowest BCUT2D eigenvalue weighted by Crippen LogP contribution is -2.54. The minimum absolute atomic E-state index is 0. The summed E-state index contributed by atoms with van der Waals surface area (Å²) in [6.07, 6.45) is 3.86. The summed E-state index contributed by atoms with van der Waals surface area (Å²) in [5.41, 5.74) is -0.240. The number of carbonyl (C=O) groups is 1. The molecule has 0 bridgehead atoms. The molecule has 5 heteroatoms. The average molecular weight is 293 g/mol. The molecule has 19 heavy (non-hydrogen) atoms. The van der Waals surface area contributed by atoms with Crippen LogP contribution in [0.5, 0.6) is 0 Å². The van der Waals surface area contributed by atoms with Gasteiger partial charge in [0, 0.05) is 20.3 Å². The fourth-order valence-corrected chi connectivity index (χ4v) is 2.42. The lowest BCUT2D eigenvalue weighted by atomic mass is 9.88. The third-order valence-corrected chi connectivity index (χ3v) is 3.99. The second-order valence-electron chi connectivity index (χ2n) is 6.06. The number of halogens is 1. The Balaban J connectivity index is 0.00000324. The topological polar surface area (TPSA) is 50.4 Å². The molecule has 0 aliphatic carbocycles. The zero-order valence-corrected chi connectivity index (χ0v) is 13.5. The molecule has 1 rings (SSSR count). The van der Waals surface area contributed by atoms with Crippen LogP contribution in [-0.2, 0) is 9.53 Å². The molecule has 2 N–H and O–H groups in total. The first kappa shape index (κ1) is 18.7. The van der Waals surface area contributed by atoms with Gasteiger partial charge in [-0.25, -0.2) is 0 Å². The Hall–Kier alpha value is -0.320. The third kappa shape index (κ3) is 5.28. The van der Waals surface area contributed by atoms with Gasteiger partial charge in [-0.05, 0) is 37.6 Å². The van der Waals surface area contributed by atoms with Crippen LogP contribution in [-0.4, -0.2) is 38.3 Å². The van der Waals surface area contributed by atoms with E-state index in [0.717, 1.165) is 38.8 Å². The van der Waals surface area contributed by atoms with Gasteiger partial charge in [0.1, 0.15) is 0 Å². The van der Waals surface area contributed by atoms with Crippen LogP contribution in [0.4, 0.5) is 0 Å². The molecule has 0 aromatic heterocycles. The maximum atomic E-state index is 12.3. The van der Waals surface area contributed by atoms with E-state index in [1.807, 2.05) is 0 Å². The first-order valence-corrected chi connectivity index (χ1v) is 6.98. The second-order valence-corrected chi connectivity index (χ2v) is 6.06. The van der Waals surface area contributed by atoms with Gasteiger partial charge in [0.05, 0.1) is 5.54 Å². The molecule has 1 aliphatic rings. The van der Waals surface area contributed by atoms with Crippen molar-refractivity contribution >= 4 is 18.3 Å². The van der Waals surface area contributed by atoms with E-state index in [-0.39, 0.29) is 29.3 Å². The van der Waals surface area contributed by atoms with Crippen LogP contribution >= 0.6 is 12.4 Å². The largest absolute Gasteiger partial charge is 0.385 e. The fourth-order valence-electron chi connectivity index (χ4n) is 2.42. The Morgan fingerprint density at radius 3 is 2.63 bits per heavy atom. The van der Waals surface area contributed by atoms with Crippen molar-refractivity contribution in [3.05, 3.63) is 0 Å². The van der Waals surface area contributed by atoms with Crippen molar-refractivity contribution in [3.8, 4) is 0 Å². The number of ether oxygens (including phenoxy) is 1. The van der Waals surface area contributed by atoms with E-state index in [2.05, 4.69) is 31.4 Å². The van der Waals surface area contributed by atoms with Crippen molar-refractivity contribution < 1.29 is 9.53 Å². The van der Waals surface area contributed by atoms with Gasteiger partial charge in [-0.3, -0.25) is 4.79 Å². The molecule has 1 saturated heterocycles. The standard InChI is InChI=1S/C14H28N2O2.ClH/c1-5-14(7-6-9-16-14)12(17)15-11-13(2,3)8-10-18-4;/h16H,5-11H2,1-4H3,(H,15,17);1H. The number of methoxy groups -OCH3 is 1. The van der Waals surface area contributed by atoms with E-state index < -0.39 is 0 Å². The molecule has 1 atom stereocenters. The summed E-state index contributed by atoms with van der Waals surface area (Å²) in [6, 6.07) is 0. The minimum atomic E-state index is -0.322. The van der Waals surface area contributed by atoms with Crippen molar-refractivity contribution in [2.45, 2.75) is 52.0 Å². The quantitative estimate of drug-likeness (QED) is 0.756. The maximum absolute atomic E-state index is 12.3. The molecule has 0 spiro atoms. The van der Waals surface area contributed by atoms with Crippen LogP contribution in [0.25, 0.3) is 0 Å². The van der Waals surface area contributed by atoms with Crippen LogP contribution in [0.15, 0.2) is 0 Å². The van der Waals surface area contributed by atoms with Crippen molar-refractivity contribution in [1.29, 1.82) is 0 Å². The van der Waals surface area contributed by atoms with Gasteiger partial charge in [0.15, 0.2) is 0 Å². The number of hydrogen-bond acceptors (Lipinski definition) is 3. The molecule has 114 valence electrons. The minimum Gasteiger partial charge on any atom is -0.385 e. The first-order chi connectivity index (χ1) is 8.46. The summed E-state index contributed by atoms with van der Waals surface area (Å²) in [6.45, 7) is 8.79. The summed E-state index contributed by atoms with van der Waals surface area (Å²) < 4.78 is 5.10. The highest BCUT2D eigenvalue weighted by atomic mass is 35.5. The van der Waals surface area contributed by atoms with Crippen LogP contribution in [0, 0.1) is 5.41 Å². The molecule has 0 aromatic carbocycles. The van der Waals surface area contributed by atoms with Crippen LogP contribution in [0.3, 0.4) is 0 Å². The Bertz CT molecular complexity index is 277. The SMILES string of the molecule is CCC1(C(=O)NCC(C)(C)CCOC)CCCN1.Cl. The molecule has 0 saturated carbocycles. The maximum Gasteiger partial charge on any atom is 0.240 e. The molecular formula is C14H29ClN2O2. The van der Waals surface area contributed by atoms with Crippen molar-refractivity contribution in [2.75, 3.05) is 26.8 Å². The van der Waals surface area contributed by atoms with Gasteiger partial charge in [-0.15, -0.1) is 12.4 Å². The van der Waals surface area contributed by atoms with Gasteiger partial charge < -0.3 is 15.4 Å². The Labute approximate surface area is 123 Å². The predicted molar refractivity (Wildman–Crippen MR) is 80.8 cm³/mol. The van der Waals surface area contributed by atoms with Gasteiger partial charge in [-0.2, -0.15) is 0 Å². The van der Waals surface area contributed by atoms with E-state index in [0.29, 0.717) is 6.54 Å². The molecule has 1 amide bonds. The smallest absolute Gasteiger partial charge is 0.240 e. The average Bonchev–Trinajstić information content (AvgIpc) is 2.83. The molecule has 0 aromatic rings. The summed E-state index contributed by atoms with van der Waals surface area (Å²) >= 11 is 0. The van der Waals surface area contributed by atoms with Gasteiger partial charge in [0.2, 0.25) is 5.91 Å². The predicted octanol–water partition coefficient (Wildman–Crippen LogP) is 2.12. The van der Waals surface area contributed by atoms with Crippen LogP contribution in [0.1, 0.15) is 46.5 Å². The van der Waals surface area contributed by atoms with Gasteiger partial charge in [0.25, 0.3) is 0 Å². The zero-order valence-electron chi connectivity index (χ0n) is 12.7. The normalized spacial score (nSPS) is 22.9. The highest BCUT2D eigenvalue weighted by Crippen LogP contribution is 2.24. The summed E-state index contributed by atoms with van der Waals surface area (Å²) in [4.78, 5) is 12.3. The van der Waals surface area contributed by atoms with E-state index in [1.165, 1.54) is 0 Å². The number of hydrogen-bond donors (Lipinski definition) is 2. The van der Waals surface area contributed by atoms with Crippen molar-refractivity contribution in [3.63, 3.8) is 0 Å². The Morgan fingerprint density at radius 2 is 2.16 bits per heavy atom. The lowest BCUT2D eigenvalue weighted by Gasteiger charge is -2.30. The lowest BCUT2D eigenvalue weighted by molar-refractivity contribution is -0.127. The molecule has 1 aliphatic heterocycles. The molecule has 0 radical (unpaired) electrons. The molecule has 1 unspecified atom stereocenters.